The smallest absolute Gasteiger partial charge is 0.244 e. The van der Waals surface area contributed by atoms with Crippen molar-refractivity contribution in [1.82, 2.24) is 10.2 Å². The summed E-state index contributed by atoms with van der Waals surface area (Å²) >= 11 is 21.6. The fourth-order valence-corrected chi connectivity index (χ4v) is 4.91. The van der Waals surface area contributed by atoms with Crippen molar-refractivity contribution in [3.63, 3.8) is 0 Å². The quantitative estimate of drug-likeness (QED) is 0.467. The number of likely N-dealkylation sites (N-methyl/N-ethyl adjacent to an activating group) is 1. The highest BCUT2D eigenvalue weighted by Gasteiger charge is 2.30. The summed E-state index contributed by atoms with van der Waals surface area (Å²) in [5.74, 6) is -1.000. The molecule has 2 aromatic carbocycles. The van der Waals surface area contributed by atoms with Gasteiger partial charge in [0, 0.05) is 18.1 Å². The van der Waals surface area contributed by atoms with Gasteiger partial charge in [-0.3, -0.25) is 13.9 Å². The zero-order valence-corrected chi connectivity index (χ0v) is 22.1. The number of anilines is 1. The molecule has 1 atom stereocenters. The van der Waals surface area contributed by atoms with Crippen LogP contribution < -0.4 is 9.62 Å². The van der Waals surface area contributed by atoms with E-state index in [1.54, 1.807) is 25.1 Å². The van der Waals surface area contributed by atoms with E-state index in [2.05, 4.69) is 21.2 Å². The van der Waals surface area contributed by atoms with Gasteiger partial charge >= 0.3 is 0 Å². The van der Waals surface area contributed by atoms with Gasteiger partial charge < -0.3 is 10.2 Å². The van der Waals surface area contributed by atoms with E-state index in [1.807, 2.05) is 6.07 Å². The Bertz CT molecular complexity index is 1130. The van der Waals surface area contributed by atoms with E-state index in [1.165, 1.54) is 24.1 Å². The van der Waals surface area contributed by atoms with Crippen LogP contribution in [0.4, 0.5) is 5.69 Å². The molecule has 0 aliphatic rings. The molecule has 0 aliphatic carbocycles. The molecule has 0 bridgehead atoms. The van der Waals surface area contributed by atoms with Crippen LogP contribution in [0.3, 0.4) is 0 Å². The number of carbonyl (C=O) groups is 2. The van der Waals surface area contributed by atoms with E-state index < -0.39 is 34.4 Å². The molecule has 0 saturated carbocycles. The first-order chi connectivity index (χ1) is 14.8. The van der Waals surface area contributed by atoms with Gasteiger partial charge in [-0.2, -0.15) is 0 Å². The number of amides is 2. The third-order valence-electron chi connectivity index (χ3n) is 4.59. The Morgan fingerprint density at radius 2 is 1.72 bits per heavy atom. The van der Waals surface area contributed by atoms with E-state index >= 15 is 0 Å². The Labute approximate surface area is 210 Å². The zero-order valence-electron chi connectivity index (χ0n) is 17.4. The summed E-state index contributed by atoms with van der Waals surface area (Å²) in [6, 6.07) is 8.95. The molecule has 0 saturated heterocycles. The highest BCUT2D eigenvalue weighted by molar-refractivity contribution is 9.10. The molecule has 0 spiro atoms. The molecular formula is C20H21BrCl3N3O4S. The summed E-state index contributed by atoms with van der Waals surface area (Å²) in [4.78, 5) is 26.9. The van der Waals surface area contributed by atoms with Crippen molar-refractivity contribution >= 4 is 78.3 Å². The van der Waals surface area contributed by atoms with Crippen molar-refractivity contribution in [2.75, 3.05) is 24.2 Å². The monoisotopic (exact) mass is 583 g/mol. The van der Waals surface area contributed by atoms with Gasteiger partial charge in [0.25, 0.3) is 0 Å². The molecule has 2 rings (SSSR count). The van der Waals surface area contributed by atoms with Crippen LogP contribution >= 0.6 is 50.7 Å². The van der Waals surface area contributed by atoms with Gasteiger partial charge in [0.15, 0.2) is 0 Å². The predicted octanol–water partition coefficient (Wildman–Crippen LogP) is 4.34. The molecule has 12 heteroatoms. The van der Waals surface area contributed by atoms with E-state index in [0.29, 0.717) is 0 Å². The van der Waals surface area contributed by atoms with Gasteiger partial charge in [-0.1, -0.05) is 62.9 Å². The van der Waals surface area contributed by atoms with Crippen LogP contribution in [0.2, 0.25) is 15.1 Å². The number of hydrogen-bond acceptors (Lipinski definition) is 4. The second kappa shape index (κ2) is 11.1. The average Bonchev–Trinajstić information content (AvgIpc) is 2.71. The second-order valence-corrected chi connectivity index (χ2v) is 11.0. The van der Waals surface area contributed by atoms with Crippen LogP contribution in [0.5, 0.6) is 0 Å². The highest BCUT2D eigenvalue weighted by Crippen LogP contribution is 2.35. The van der Waals surface area contributed by atoms with Gasteiger partial charge in [0.2, 0.25) is 21.8 Å². The number of carbonyl (C=O) groups excluding carboxylic acids is 2. The summed E-state index contributed by atoms with van der Waals surface area (Å²) in [5.41, 5.74) is 0.758. The highest BCUT2D eigenvalue weighted by atomic mass is 79.9. The maximum Gasteiger partial charge on any atom is 0.244 e. The summed E-state index contributed by atoms with van der Waals surface area (Å²) < 4.78 is 26.7. The number of nitrogens with one attached hydrogen (secondary N) is 1. The molecule has 2 aromatic rings. The molecule has 174 valence electrons. The first-order valence-corrected chi connectivity index (χ1v) is 13.0. The van der Waals surface area contributed by atoms with Gasteiger partial charge in [-0.15, -0.1) is 0 Å². The average molecular weight is 586 g/mol. The molecule has 0 fully saturated rings. The molecule has 0 aromatic heterocycles. The van der Waals surface area contributed by atoms with E-state index in [4.69, 9.17) is 34.8 Å². The summed E-state index contributed by atoms with van der Waals surface area (Å²) in [6.45, 7) is 1.05. The summed E-state index contributed by atoms with van der Waals surface area (Å²) in [6.07, 6.45) is 0.944. The number of halogens is 4. The van der Waals surface area contributed by atoms with Crippen molar-refractivity contribution in [2.45, 2.75) is 19.5 Å². The fraction of sp³-hybridized carbons (Fsp3) is 0.300. The third-order valence-corrected chi connectivity index (χ3v) is 7.24. The van der Waals surface area contributed by atoms with Crippen molar-refractivity contribution in [2.24, 2.45) is 0 Å². The van der Waals surface area contributed by atoms with Crippen LogP contribution in [-0.4, -0.2) is 51.0 Å². The first-order valence-electron chi connectivity index (χ1n) is 9.23. The Hall–Kier alpha value is -1.52. The van der Waals surface area contributed by atoms with Crippen molar-refractivity contribution in [3.05, 3.63) is 61.5 Å². The predicted molar refractivity (Wildman–Crippen MR) is 132 cm³/mol. The molecule has 1 N–H and O–H groups in total. The van der Waals surface area contributed by atoms with E-state index in [0.717, 1.165) is 20.6 Å². The van der Waals surface area contributed by atoms with Crippen LogP contribution in [0.25, 0.3) is 0 Å². The van der Waals surface area contributed by atoms with Crippen LogP contribution in [-0.2, 0) is 26.2 Å². The first kappa shape index (κ1) is 26.7. The standard InChI is InChI=1S/C20H21BrCl3N3O4S/c1-12(20(29)25-2)26(10-13-5-4-6-14(21)7-13)19(28)11-27(32(3,30)31)18-9-16(23)15(22)8-17(18)24/h4-9,12H,10-11H2,1-3H3,(H,25,29)/t12-/m0/s1. The van der Waals surface area contributed by atoms with Crippen LogP contribution in [0.1, 0.15) is 12.5 Å². The van der Waals surface area contributed by atoms with Gasteiger partial charge in [0.05, 0.1) is 27.0 Å². The maximum atomic E-state index is 13.3. The Morgan fingerprint density at radius 1 is 1.09 bits per heavy atom. The van der Waals surface area contributed by atoms with Gasteiger partial charge in [0.1, 0.15) is 12.6 Å². The topological polar surface area (TPSA) is 86.8 Å². The lowest BCUT2D eigenvalue weighted by molar-refractivity contribution is -0.139. The molecule has 32 heavy (non-hydrogen) atoms. The molecule has 0 aliphatic heterocycles. The minimum atomic E-state index is -3.94. The largest absolute Gasteiger partial charge is 0.357 e. The lowest BCUT2D eigenvalue weighted by Crippen LogP contribution is -2.50. The fourth-order valence-electron chi connectivity index (χ4n) is 2.92. The molecule has 0 unspecified atom stereocenters. The second-order valence-electron chi connectivity index (χ2n) is 6.93. The van der Waals surface area contributed by atoms with Gasteiger partial charge in [-0.05, 0) is 36.8 Å². The normalized spacial score (nSPS) is 12.2. The lowest BCUT2D eigenvalue weighted by atomic mass is 10.1. The maximum absolute atomic E-state index is 13.3. The summed E-state index contributed by atoms with van der Waals surface area (Å²) in [5, 5.41) is 2.74. The minimum absolute atomic E-state index is 0.00641. The number of nitrogens with zero attached hydrogens (tertiary/aromatic N) is 2. The number of sulfonamides is 1. The number of hydrogen-bond donors (Lipinski definition) is 1. The SMILES string of the molecule is CNC(=O)[C@H](C)N(Cc1cccc(Br)c1)C(=O)CN(c1cc(Cl)c(Cl)cc1Cl)S(C)(=O)=O. The molecule has 0 radical (unpaired) electrons. The molecule has 0 heterocycles. The van der Waals surface area contributed by atoms with Crippen molar-refractivity contribution < 1.29 is 18.0 Å². The van der Waals surface area contributed by atoms with Crippen LogP contribution in [0, 0.1) is 0 Å². The van der Waals surface area contributed by atoms with E-state index in [-0.39, 0.29) is 27.3 Å². The summed E-state index contributed by atoms with van der Waals surface area (Å²) in [7, 11) is -2.48. The van der Waals surface area contributed by atoms with Crippen molar-refractivity contribution in [1.29, 1.82) is 0 Å². The molecular weight excluding hydrogens is 565 g/mol. The number of rotatable bonds is 8. The Kier molecular flexibility index (Phi) is 9.25. The Balaban J connectivity index is 2.46. The van der Waals surface area contributed by atoms with Gasteiger partial charge in [-0.25, -0.2) is 8.42 Å². The number of benzene rings is 2. The van der Waals surface area contributed by atoms with Crippen LogP contribution in [0.15, 0.2) is 40.9 Å². The van der Waals surface area contributed by atoms with Crippen molar-refractivity contribution in [3.8, 4) is 0 Å². The molecule has 7 nitrogen and oxygen atoms in total. The zero-order chi connectivity index (χ0) is 24.2. The lowest BCUT2D eigenvalue weighted by Gasteiger charge is -2.31. The van der Waals surface area contributed by atoms with E-state index in [9.17, 15) is 18.0 Å². The minimum Gasteiger partial charge on any atom is -0.357 e. The Morgan fingerprint density at radius 3 is 2.28 bits per heavy atom. The molecule has 2 amide bonds. The third kappa shape index (κ3) is 6.74.